The molecule has 0 N–H and O–H groups in total. The van der Waals surface area contributed by atoms with Crippen molar-refractivity contribution in [1.82, 2.24) is 0 Å². The highest BCUT2D eigenvalue weighted by Crippen LogP contribution is 2.37. The molecule has 2 aromatic carbocycles. The zero-order chi connectivity index (χ0) is 23.8. The standard InChI is InChI=1S/C29H40OSi2/c1-25(17-15-16-22-31(6,7)8)23-26(2)24-30-32(29(3,4)5,27-18-11-9-12-19-27)28-20-13-10-14-21-28/h9-15,17-21,23,26H,24H2,1-8H3/b17-15+,25-23-/t26-/m1/s1. The Balaban J connectivity index is 2.31. The quantitative estimate of drug-likeness (QED) is 0.257. The zero-order valence-electron chi connectivity index (χ0n) is 21.2. The van der Waals surface area contributed by atoms with Gasteiger partial charge in [-0.05, 0) is 34.3 Å². The number of hydrogen-bond acceptors (Lipinski definition) is 1. The van der Waals surface area contributed by atoms with Gasteiger partial charge in [0.2, 0.25) is 0 Å². The van der Waals surface area contributed by atoms with Crippen LogP contribution in [0.25, 0.3) is 0 Å². The van der Waals surface area contributed by atoms with Gasteiger partial charge in [-0.15, -0.1) is 5.54 Å². The summed E-state index contributed by atoms with van der Waals surface area (Å²) in [5, 5.41) is 2.65. The summed E-state index contributed by atoms with van der Waals surface area (Å²) >= 11 is 0. The fourth-order valence-corrected chi connectivity index (χ4v) is 9.19. The van der Waals surface area contributed by atoms with E-state index in [1.807, 2.05) is 6.08 Å². The Labute approximate surface area is 198 Å². The van der Waals surface area contributed by atoms with Crippen molar-refractivity contribution in [1.29, 1.82) is 0 Å². The van der Waals surface area contributed by atoms with Gasteiger partial charge in [-0.2, -0.15) is 0 Å². The Morgan fingerprint density at radius 2 is 1.44 bits per heavy atom. The molecule has 0 heterocycles. The van der Waals surface area contributed by atoms with Gasteiger partial charge in [0.05, 0.1) is 0 Å². The normalized spacial score (nSPS) is 14.2. The third kappa shape index (κ3) is 7.20. The topological polar surface area (TPSA) is 9.23 Å². The molecule has 3 heteroatoms. The molecule has 0 radical (unpaired) electrons. The van der Waals surface area contributed by atoms with Crippen LogP contribution in [-0.4, -0.2) is 23.0 Å². The molecule has 0 fully saturated rings. The second kappa shape index (κ2) is 11.1. The van der Waals surface area contributed by atoms with Crippen molar-refractivity contribution in [3.05, 3.63) is 84.5 Å². The molecule has 1 nitrogen and oxygen atoms in total. The van der Waals surface area contributed by atoms with Crippen molar-refractivity contribution < 1.29 is 4.43 Å². The lowest BCUT2D eigenvalue weighted by Gasteiger charge is -2.43. The van der Waals surface area contributed by atoms with E-state index in [0.717, 1.165) is 0 Å². The molecule has 1 atom stereocenters. The lowest BCUT2D eigenvalue weighted by Crippen LogP contribution is -2.66. The van der Waals surface area contributed by atoms with E-state index < -0.39 is 16.4 Å². The van der Waals surface area contributed by atoms with Crippen molar-refractivity contribution in [3.63, 3.8) is 0 Å². The maximum Gasteiger partial charge on any atom is 0.261 e. The summed E-state index contributed by atoms with van der Waals surface area (Å²) < 4.78 is 7.05. The van der Waals surface area contributed by atoms with Crippen LogP contribution in [0, 0.1) is 17.4 Å². The van der Waals surface area contributed by atoms with E-state index >= 15 is 0 Å². The van der Waals surface area contributed by atoms with Gasteiger partial charge in [0.15, 0.2) is 0 Å². The summed E-state index contributed by atoms with van der Waals surface area (Å²) in [5.74, 6) is 3.53. The van der Waals surface area contributed by atoms with Gasteiger partial charge in [-0.25, -0.2) is 0 Å². The van der Waals surface area contributed by atoms with Crippen LogP contribution < -0.4 is 10.4 Å². The first-order valence-corrected chi connectivity index (χ1v) is 17.0. The first-order valence-electron chi connectivity index (χ1n) is 11.6. The Hall–Kier alpha value is -2.13. The summed E-state index contributed by atoms with van der Waals surface area (Å²) in [4.78, 5) is 0. The van der Waals surface area contributed by atoms with E-state index in [0.29, 0.717) is 12.5 Å². The van der Waals surface area contributed by atoms with Crippen molar-refractivity contribution in [2.24, 2.45) is 5.92 Å². The van der Waals surface area contributed by atoms with Gasteiger partial charge in [0.25, 0.3) is 8.32 Å². The van der Waals surface area contributed by atoms with Crippen molar-refractivity contribution in [2.75, 3.05) is 6.61 Å². The van der Waals surface area contributed by atoms with Crippen molar-refractivity contribution in [2.45, 2.75) is 59.3 Å². The van der Waals surface area contributed by atoms with Gasteiger partial charge < -0.3 is 4.43 Å². The van der Waals surface area contributed by atoms with Crippen LogP contribution in [0.4, 0.5) is 0 Å². The monoisotopic (exact) mass is 460 g/mol. The van der Waals surface area contributed by atoms with E-state index in [-0.39, 0.29) is 5.04 Å². The highest BCUT2D eigenvalue weighted by molar-refractivity contribution is 6.99. The molecule has 0 aliphatic heterocycles. The first-order chi connectivity index (χ1) is 15.0. The van der Waals surface area contributed by atoms with Crippen molar-refractivity contribution in [3.8, 4) is 11.5 Å². The van der Waals surface area contributed by atoms with Gasteiger partial charge in [0, 0.05) is 6.61 Å². The SMILES string of the molecule is CC(=C/[C@@H](C)CO[Si](c1ccccc1)(c1ccccc1)C(C)(C)C)/C=C/C#C[Si](C)(C)C. The molecule has 170 valence electrons. The molecule has 0 saturated heterocycles. The van der Waals surface area contributed by atoms with Gasteiger partial charge >= 0.3 is 0 Å². The lowest BCUT2D eigenvalue weighted by atomic mass is 10.1. The minimum absolute atomic E-state index is 0.000518. The predicted octanol–water partition coefficient (Wildman–Crippen LogP) is 6.58. The first kappa shape index (κ1) is 26.1. The Morgan fingerprint density at radius 1 is 0.938 bits per heavy atom. The zero-order valence-corrected chi connectivity index (χ0v) is 23.2. The summed E-state index contributed by atoms with van der Waals surface area (Å²) in [6.07, 6.45) is 6.40. The summed E-state index contributed by atoms with van der Waals surface area (Å²) in [6.45, 7) is 18.8. The molecular formula is C29H40OSi2. The smallest absolute Gasteiger partial charge is 0.261 e. The van der Waals surface area contributed by atoms with E-state index in [1.165, 1.54) is 15.9 Å². The minimum Gasteiger partial charge on any atom is -0.407 e. The van der Waals surface area contributed by atoms with Crippen LogP contribution in [0.15, 0.2) is 84.5 Å². The second-order valence-corrected chi connectivity index (χ2v) is 19.8. The van der Waals surface area contributed by atoms with E-state index in [9.17, 15) is 0 Å². The molecule has 0 bridgehead atoms. The van der Waals surface area contributed by atoms with Crippen LogP contribution in [-0.2, 0) is 4.43 Å². The Morgan fingerprint density at radius 3 is 1.88 bits per heavy atom. The molecule has 0 aliphatic rings. The number of allylic oxidation sites excluding steroid dienone is 3. The van der Waals surface area contributed by atoms with Crippen LogP contribution >= 0.6 is 0 Å². The van der Waals surface area contributed by atoms with Gasteiger partial charge in [0.1, 0.15) is 8.07 Å². The van der Waals surface area contributed by atoms with Gasteiger partial charge in [-0.1, -0.05) is 132 Å². The number of benzene rings is 2. The maximum absolute atomic E-state index is 7.05. The third-order valence-electron chi connectivity index (χ3n) is 5.40. The van der Waals surface area contributed by atoms with Crippen LogP contribution in [0.5, 0.6) is 0 Å². The molecule has 0 aromatic heterocycles. The highest BCUT2D eigenvalue weighted by Gasteiger charge is 2.50. The van der Waals surface area contributed by atoms with Crippen LogP contribution in [0.2, 0.25) is 24.7 Å². The lowest BCUT2D eigenvalue weighted by molar-refractivity contribution is 0.267. The number of hydrogen-bond donors (Lipinski definition) is 0. The maximum atomic E-state index is 7.05. The second-order valence-electron chi connectivity index (χ2n) is 10.7. The summed E-state index contributed by atoms with van der Waals surface area (Å²) in [5.41, 5.74) is 4.61. The molecule has 0 saturated carbocycles. The largest absolute Gasteiger partial charge is 0.407 e. The Kier molecular flexibility index (Phi) is 9.10. The van der Waals surface area contributed by atoms with Crippen LogP contribution in [0.1, 0.15) is 34.6 Å². The average Bonchev–Trinajstić information content (AvgIpc) is 2.71. The minimum atomic E-state index is -2.48. The molecule has 0 aliphatic carbocycles. The van der Waals surface area contributed by atoms with E-state index in [2.05, 4.69) is 139 Å². The molecule has 0 amide bonds. The van der Waals surface area contributed by atoms with Crippen LogP contribution in [0.3, 0.4) is 0 Å². The number of rotatable bonds is 7. The summed E-state index contributed by atoms with van der Waals surface area (Å²) in [6, 6.07) is 21.7. The molecular weight excluding hydrogens is 420 g/mol. The van der Waals surface area contributed by atoms with Crippen molar-refractivity contribution >= 4 is 26.8 Å². The molecule has 32 heavy (non-hydrogen) atoms. The Bertz CT molecular complexity index is 926. The third-order valence-corrected chi connectivity index (χ3v) is 11.3. The molecule has 2 aromatic rings. The average molecular weight is 461 g/mol. The predicted molar refractivity (Wildman–Crippen MR) is 147 cm³/mol. The molecule has 0 unspecified atom stereocenters. The molecule has 0 spiro atoms. The van der Waals surface area contributed by atoms with E-state index in [1.54, 1.807) is 0 Å². The van der Waals surface area contributed by atoms with Gasteiger partial charge in [-0.3, -0.25) is 0 Å². The van der Waals surface area contributed by atoms with E-state index in [4.69, 9.17) is 4.43 Å². The summed E-state index contributed by atoms with van der Waals surface area (Å²) in [7, 11) is -3.80. The fraction of sp³-hybridized carbons (Fsp3) is 0.379. The molecule has 2 rings (SSSR count). The highest BCUT2D eigenvalue weighted by atomic mass is 28.4. The fourth-order valence-electron chi connectivity index (χ4n) is 4.00.